The minimum atomic E-state index is 0.466. The van der Waals surface area contributed by atoms with Crippen molar-refractivity contribution in [3.63, 3.8) is 0 Å². The van der Waals surface area contributed by atoms with Crippen LogP contribution in [-0.2, 0) is 4.74 Å². The molecule has 5 heteroatoms. The number of aliphatic imine (C=N–C) groups is 1. The van der Waals surface area contributed by atoms with Crippen LogP contribution in [0.25, 0.3) is 0 Å². The fraction of sp³-hybridized carbons (Fsp3) is 0.929. The third-order valence-corrected chi connectivity index (χ3v) is 3.76. The topological polar surface area (TPSA) is 48.9 Å². The average Bonchev–Trinajstić information content (AvgIpc) is 3.20. The zero-order valence-electron chi connectivity index (χ0n) is 12.5. The summed E-state index contributed by atoms with van der Waals surface area (Å²) in [4.78, 5) is 7.21. The van der Waals surface area contributed by atoms with Gasteiger partial charge in [-0.25, -0.2) is 0 Å². The molecule has 19 heavy (non-hydrogen) atoms. The Hall–Kier alpha value is -0.810. The molecule has 0 spiro atoms. The molecule has 110 valence electrons. The molecule has 2 rings (SSSR count). The van der Waals surface area contributed by atoms with Gasteiger partial charge in [-0.2, -0.15) is 0 Å². The van der Waals surface area contributed by atoms with Gasteiger partial charge in [0, 0.05) is 31.2 Å². The first-order chi connectivity index (χ1) is 9.20. The highest BCUT2D eigenvalue weighted by Crippen LogP contribution is 2.18. The zero-order chi connectivity index (χ0) is 13.7. The van der Waals surface area contributed by atoms with Crippen molar-refractivity contribution in [2.24, 2.45) is 4.99 Å². The van der Waals surface area contributed by atoms with Crippen molar-refractivity contribution in [2.75, 3.05) is 32.8 Å². The van der Waals surface area contributed by atoms with Crippen molar-refractivity contribution in [1.29, 1.82) is 0 Å². The molecule has 0 bridgehead atoms. The summed E-state index contributed by atoms with van der Waals surface area (Å²) in [7, 11) is 0. The summed E-state index contributed by atoms with van der Waals surface area (Å²) in [5.74, 6) is 0.970. The molecule has 1 aliphatic carbocycles. The Balaban J connectivity index is 1.82. The summed E-state index contributed by atoms with van der Waals surface area (Å²) in [6.07, 6.45) is 2.56. The third-order valence-electron chi connectivity index (χ3n) is 3.76. The number of nitrogens with one attached hydrogen (secondary N) is 2. The molecule has 2 fully saturated rings. The number of morpholine rings is 1. The number of guanidine groups is 1. The summed E-state index contributed by atoms with van der Waals surface area (Å²) in [5.41, 5.74) is 0. The Morgan fingerprint density at radius 2 is 2.26 bits per heavy atom. The Labute approximate surface area is 116 Å². The molecule has 0 amide bonds. The van der Waals surface area contributed by atoms with Gasteiger partial charge in [0.15, 0.2) is 5.96 Å². The first kappa shape index (κ1) is 14.6. The van der Waals surface area contributed by atoms with Gasteiger partial charge in [0.25, 0.3) is 0 Å². The van der Waals surface area contributed by atoms with Crippen molar-refractivity contribution < 1.29 is 4.74 Å². The van der Waals surface area contributed by atoms with E-state index in [2.05, 4.69) is 36.3 Å². The molecule has 2 N–H and O–H groups in total. The maximum Gasteiger partial charge on any atom is 0.191 e. The van der Waals surface area contributed by atoms with E-state index in [1.54, 1.807) is 0 Å². The van der Waals surface area contributed by atoms with Crippen LogP contribution in [0.1, 0.15) is 33.6 Å². The Morgan fingerprint density at radius 3 is 2.89 bits per heavy atom. The third kappa shape index (κ3) is 4.66. The van der Waals surface area contributed by atoms with Gasteiger partial charge >= 0.3 is 0 Å². The second-order valence-corrected chi connectivity index (χ2v) is 5.65. The molecular formula is C14H28N4O. The van der Waals surface area contributed by atoms with Crippen molar-refractivity contribution in [1.82, 2.24) is 15.5 Å². The zero-order valence-corrected chi connectivity index (χ0v) is 12.5. The lowest BCUT2D eigenvalue weighted by atomic mass is 10.2. The maximum absolute atomic E-state index is 5.49. The van der Waals surface area contributed by atoms with Gasteiger partial charge in [-0.15, -0.1) is 0 Å². The molecule has 0 aromatic heterocycles. The van der Waals surface area contributed by atoms with E-state index in [1.165, 1.54) is 12.8 Å². The van der Waals surface area contributed by atoms with Crippen molar-refractivity contribution in [3.05, 3.63) is 0 Å². The number of rotatable bonds is 5. The highest BCUT2D eigenvalue weighted by molar-refractivity contribution is 5.80. The molecule has 0 radical (unpaired) electrons. The lowest BCUT2D eigenvalue weighted by Gasteiger charge is -2.37. The van der Waals surface area contributed by atoms with Crippen molar-refractivity contribution in [3.8, 4) is 0 Å². The first-order valence-electron chi connectivity index (χ1n) is 7.59. The van der Waals surface area contributed by atoms with E-state index < -0.39 is 0 Å². The molecule has 1 heterocycles. The van der Waals surface area contributed by atoms with Crippen LogP contribution in [-0.4, -0.2) is 61.8 Å². The highest BCUT2D eigenvalue weighted by atomic mass is 16.5. The van der Waals surface area contributed by atoms with Gasteiger partial charge in [-0.05, 0) is 33.6 Å². The lowest BCUT2D eigenvalue weighted by molar-refractivity contribution is -0.0165. The number of hydrogen-bond donors (Lipinski definition) is 2. The van der Waals surface area contributed by atoms with Crippen LogP contribution >= 0.6 is 0 Å². The van der Waals surface area contributed by atoms with Crippen LogP contribution in [0.4, 0.5) is 0 Å². The normalized spacial score (nSPS) is 27.1. The van der Waals surface area contributed by atoms with E-state index in [0.717, 1.165) is 38.8 Å². The van der Waals surface area contributed by atoms with Gasteiger partial charge in [0.2, 0.25) is 0 Å². The predicted molar refractivity (Wildman–Crippen MR) is 78.6 cm³/mol. The van der Waals surface area contributed by atoms with Gasteiger partial charge in [-0.1, -0.05) is 0 Å². The van der Waals surface area contributed by atoms with E-state index in [4.69, 9.17) is 9.73 Å². The quantitative estimate of drug-likeness (QED) is 0.572. The van der Waals surface area contributed by atoms with Crippen LogP contribution in [0.5, 0.6) is 0 Å². The Morgan fingerprint density at radius 1 is 1.47 bits per heavy atom. The maximum atomic E-state index is 5.49. The molecule has 2 aliphatic rings. The van der Waals surface area contributed by atoms with E-state index in [1.807, 2.05) is 0 Å². The minimum absolute atomic E-state index is 0.466. The average molecular weight is 268 g/mol. The fourth-order valence-electron chi connectivity index (χ4n) is 2.46. The number of hydrogen-bond acceptors (Lipinski definition) is 3. The summed E-state index contributed by atoms with van der Waals surface area (Å²) in [6.45, 7) is 11.1. The fourth-order valence-corrected chi connectivity index (χ4v) is 2.46. The summed E-state index contributed by atoms with van der Waals surface area (Å²) in [5, 5.41) is 6.78. The number of ether oxygens (including phenoxy) is 1. The predicted octanol–water partition coefficient (Wildman–Crippen LogP) is 0.813. The van der Waals surface area contributed by atoms with Gasteiger partial charge < -0.3 is 15.4 Å². The lowest BCUT2D eigenvalue weighted by Crippen LogP contribution is -2.49. The van der Waals surface area contributed by atoms with E-state index in [0.29, 0.717) is 18.1 Å². The van der Waals surface area contributed by atoms with Crippen LogP contribution in [0.15, 0.2) is 4.99 Å². The largest absolute Gasteiger partial charge is 0.379 e. The second kappa shape index (κ2) is 7.10. The Kier molecular flexibility index (Phi) is 5.45. The summed E-state index contributed by atoms with van der Waals surface area (Å²) in [6, 6.07) is 1.61. The van der Waals surface area contributed by atoms with E-state index in [9.17, 15) is 0 Å². The van der Waals surface area contributed by atoms with Crippen molar-refractivity contribution >= 4 is 5.96 Å². The smallest absolute Gasteiger partial charge is 0.191 e. The SMILES string of the molecule is CCNC(=NCC(C)N1CCOCC1C)NC1CC1. The first-order valence-corrected chi connectivity index (χ1v) is 7.59. The molecular weight excluding hydrogens is 240 g/mol. The molecule has 2 atom stereocenters. The summed E-state index contributed by atoms with van der Waals surface area (Å²) < 4.78 is 5.49. The van der Waals surface area contributed by atoms with Crippen LogP contribution < -0.4 is 10.6 Å². The minimum Gasteiger partial charge on any atom is -0.379 e. The monoisotopic (exact) mass is 268 g/mol. The highest BCUT2D eigenvalue weighted by Gasteiger charge is 2.24. The van der Waals surface area contributed by atoms with Gasteiger partial charge in [0.1, 0.15) is 0 Å². The second-order valence-electron chi connectivity index (χ2n) is 5.65. The van der Waals surface area contributed by atoms with Gasteiger partial charge in [0.05, 0.1) is 19.8 Å². The molecule has 0 aromatic rings. The van der Waals surface area contributed by atoms with E-state index in [-0.39, 0.29) is 0 Å². The van der Waals surface area contributed by atoms with Gasteiger partial charge in [-0.3, -0.25) is 9.89 Å². The standard InChI is InChI=1S/C14H28N4O/c1-4-15-14(17-13-5-6-13)16-9-11(2)18-7-8-19-10-12(18)3/h11-13H,4-10H2,1-3H3,(H2,15,16,17). The molecule has 5 nitrogen and oxygen atoms in total. The summed E-state index contributed by atoms with van der Waals surface area (Å²) >= 11 is 0. The molecule has 0 aromatic carbocycles. The van der Waals surface area contributed by atoms with Crippen LogP contribution in [0.2, 0.25) is 0 Å². The molecule has 1 saturated heterocycles. The molecule has 1 saturated carbocycles. The molecule has 2 unspecified atom stereocenters. The van der Waals surface area contributed by atoms with Crippen molar-refractivity contribution in [2.45, 2.75) is 51.7 Å². The van der Waals surface area contributed by atoms with E-state index >= 15 is 0 Å². The molecule has 1 aliphatic heterocycles. The van der Waals surface area contributed by atoms with Crippen LogP contribution in [0.3, 0.4) is 0 Å². The number of nitrogens with zero attached hydrogens (tertiary/aromatic N) is 2. The van der Waals surface area contributed by atoms with Crippen LogP contribution in [0, 0.1) is 0 Å². The Bertz CT molecular complexity index is 304.